The number of aromatic nitrogens is 3. The normalized spacial score (nSPS) is 16.8. The number of H-pyrrole nitrogens is 1. The number of hydrogen-bond acceptors (Lipinski definition) is 5. The Morgan fingerprint density at radius 3 is 2.75 bits per heavy atom. The number of nitrogens with one attached hydrogen (secondary N) is 2. The SMILES string of the molecule is CCc1nc(C(=O)NC(C)C(=O)N2CCOCC2)n[nH]1. The van der Waals surface area contributed by atoms with Gasteiger partial charge in [-0.3, -0.25) is 14.7 Å². The lowest BCUT2D eigenvalue weighted by atomic mass is 10.2. The molecule has 8 heteroatoms. The third-order valence-corrected chi connectivity index (χ3v) is 3.11. The molecule has 110 valence electrons. The van der Waals surface area contributed by atoms with Crippen LogP contribution in [-0.2, 0) is 16.0 Å². The minimum Gasteiger partial charge on any atom is -0.378 e. The van der Waals surface area contributed by atoms with Crippen LogP contribution >= 0.6 is 0 Å². The molecule has 1 aromatic heterocycles. The van der Waals surface area contributed by atoms with Crippen molar-refractivity contribution in [3.63, 3.8) is 0 Å². The number of aromatic amines is 1. The van der Waals surface area contributed by atoms with Gasteiger partial charge in [0.2, 0.25) is 11.7 Å². The molecule has 1 aliphatic rings. The lowest BCUT2D eigenvalue weighted by Crippen LogP contribution is -2.50. The molecule has 1 saturated heterocycles. The van der Waals surface area contributed by atoms with Gasteiger partial charge in [-0.1, -0.05) is 6.92 Å². The molecule has 0 aliphatic carbocycles. The van der Waals surface area contributed by atoms with E-state index in [1.807, 2.05) is 6.92 Å². The van der Waals surface area contributed by atoms with Gasteiger partial charge in [-0.25, -0.2) is 4.98 Å². The summed E-state index contributed by atoms with van der Waals surface area (Å²) in [7, 11) is 0. The molecule has 0 bridgehead atoms. The van der Waals surface area contributed by atoms with Crippen LogP contribution in [0.3, 0.4) is 0 Å². The van der Waals surface area contributed by atoms with Crippen LogP contribution in [-0.4, -0.2) is 64.2 Å². The van der Waals surface area contributed by atoms with Crippen molar-refractivity contribution in [2.75, 3.05) is 26.3 Å². The van der Waals surface area contributed by atoms with E-state index in [0.717, 1.165) is 0 Å². The monoisotopic (exact) mass is 281 g/mol. The predicted octanol–water partition coefficient (Wildman–Crippen LogP) is -0.656. The lowest BCUT2D eigenvalue weighted by Gasteiger charge is -2.29. The zero-order valence-corrected chi connectivity index (χ0v) is 11.7. The van der Waals surface area contributed by atoms with Crippen molar-refractivity contribution >= 4 is 11.8 Å². The third kappa shape index (κ3) is 3.32. The second kappa shape index (κ2) is 6.47. The lowest BCUT2D eigenvalue weighted by molar-refractivity contribution is -0.136. The van der Waals surface area contributed by atoms with Gasteiger partial charge < -0.3 is 15.0 Å². The second-order valence-corrected chi connectivity index (χ2v) is 4.59. The number of nitrogens with zero attached hydrogens (tertiary/aromatic N) is 3. The first kappa shape index (κ1) is 14.4. The highest BCUT2D eigenvalue weighted by atomic mass is 16.5. The summed E-state index contributed by atoms with van der Waals surface area (Å²) in [5.41, 5.74) is 0. The molecule has 1 atom stereocenters. The summed E-state index contributed by atoms with van der Waals surface area (Å²) >= 11 is 0. The minimum atomic E-state index is -0.607. The van der Waals surface area contributed by atoms with E-state index < -0.39 is 11.9 Å². The number of ether oxygens (including phenoxy) is 1. The van der Waals surface area contributed by atoms with Crippen molar-refractivity contribution in [1.29, 1.82) is 0 Å². The summed E-state index contributed by atoms with van der Waals surface area (Å²) < 4.78 is 5.19. The van der Waals surface area contributed by atoms with E-state index in [2.05, 4.69) is 20.5 Å². The minimum absolute atomic E-state index is 0.0588. The van der Waals surface area contributed by atoms with Gasteiger partial charge in [-0.05, 0) is 6.92 Å². The van der Waals surface area contributed by atoms with E-state index in [1.165, 1.54) is 0 Å². The van der Waals surface area contributed by atoms with Gasteiger partial charge in [0.1, 0.15) is 11.9 Å². The van der Waals surface area contributed by atoms with Crippen molar-refractivity contribution in [1.82, 2.24) is 25.4 Å². The molecule has 2 amide bonds. The number of aryl methyl sites for hydroxylation is 1. The van der Waals surface area contributed by atoms with Crippen LogP contribution in [0.4, 0.5) is 0 Å². The fourth-order valence-electron chi connectivity index (χ4n) is 1.94. The van der Waals surface area contributed by atoms with Crippen molar-refractivity contribution in [3.8, 4) is 0 Å². The van der Waals surface area contributed by atoms with E-state index in [9.17, 15) is 9.59 Å². The maximum Gasteiger partial charge on any atom is 0.291 e. The van der Waals surface area contributed by atoms with E-state index in [4.69, 9.17) is 4.74 Å². The smallest absolute Gasteiger partial charge is 0.291 e. The molecule has 2 N–H and O–H groups in total. The molecule has 0 aromatic carbocycles. The van der Waals surface area contributed by atoms with Gasteiger partial charge in [0.25, 0.3) is 5.91 Å². The number of hydrogen-bond donors (Lipinski definition) is 2. The van der Waals surface area contributed by atoms with Gasteiger partial charge in [-0.15, -0.1) is 5.10 Å². The Kier molecular flexibility index (Phi) is 4.67. The molecular weight excluding hydrogens is 262 g/mol. The van der Waals surface area contributed by atoms with E-state index in [-0.39, 0.29) is 11.7 Å². The Labute approximate surface area is 116 Å². The molecule has 8 nitrogen and oxygen atoms in total. The van der Waals surface area contributed by atoms with Gasteiger partial charge in [-0.2, -0.15) is 0 Å². The first-order valence-electron chi connectivity index (χ1n) is 6.70. The average molecular weight is 281 g/mol. The largest absolute Gasteiger partial charge is 0.378 e. The molecule has 0 spiro atoms. The van der Waals surface area contributed by atoms with Crippen LogP contribution in [0.25, 0.3) is 0 Å². The average Bonchev–Trinajstić information content (AvgIpc) is 2.96. The Bertz CT molecular complexity index is 481. The van der Waals surface area contributed by atoms with Crippen molar-refractivity contribution in [2.24, 2.45) is 0 Å². The summed E-state index contributed by atoms with van der Waals surface area (Å²) in [6.45, 7) is 5.75. The van der Waals surface area contributed by atoms with Crippen LogP contribution in [0.1, 0.15) is 30.3 Å². The van der Waals surface area contributed by atoms with Gasteiger partial charge in [0.15, 0.2) is 0 Å². The number of morpholine rings is 1. The standard InChI is InChI=1S/C12H19N5O3/c1-3-9-14-10(16-15-9)11(18)13-8(2)12(19)17-4-6-20-7-5-17/h8H,3-7H2,1-2H3,(H,13,18)(H,14,15,16). The molecule has 0 radical (unpaired) electrons. The Morgan fingerprint density at radius 1 is 1.45 bits per heavy atom. The van der Waals surface area contributed by atoms with Crippen molar-refractivity contribution in [2.45, 2.75) is 26.3 Å². The van der Waals surface area contributed by atoms with Crippen molar-refractivity contribution in [3.05, 3.63) is 11.6 Å². The predicted molar refractivity (Wildman–Crippen MR) is 70.1 cm³/mol. The second-order valence-electron chi connectivity index (χ2n) is 4.59. The summed E-state index contributed by atoms with van der Waals surface area (Å²) in [6.07, 6.45) is 0.669. The van der Waals surface area contributed by atoms with Crippen LogP contribution in [0.5, 0.6) is 0 Å². The number of rotatable bonds is 4. The van der Waals surface area contributed by atoms with Gasteiger partial charge in [0.05, 0.1) is 13.2 Å². The highest BCUT2D eigenvalue weighted by Gasteiger charge is 2.25. The van der Waals surface area contributed by atoms with Crippen LogP contribution in [0.2, 0.25) is 0 Å². The fraction of sp³-hybridized carbons (Fsp3) is 0.667. The van der Waals surface area contributed by atoms with Crippen LogP contribution in [0, 0.1) is 0 Å². The Morgan fingerprint density at radius 2 is 2.15 bits per heavy atom. The molecule has 1 aromatic rings. The zero-order chi connectivity index (χ0) is 14.5. The number of carbonyl (C=O) groups is 2. The molecule has 1 unspecified atom stereocenters. The van der Waals surface area contributed by atoms with Gasteiger partial charge in [0, 0.05) is 19.5 Å². The van der Waals surface area contributed by atoms with Crippen LogP contribution in [0.15, 0.2) is 0 Å². The summed E-state index contributed by atoms with van der Waals surface area (Å²) in [6, 6.07) is -0.607. The summed E-state index contributed by atoms with van der Waals surface area (Å²) in [4.78, 5) is 29.8. The highest BCUT2D eigenvalue weighted by Crippen LogP contribution is 2.01. The summed E-state index contributed by atoms with van der Waals surface area (Å²) in [5, 5.41) is 9.10. The number of carbonyl (C=O) groups excluding carboxylic acids is 2. The maximum absolute atomic E-state index is 12.1. The molecule has 2 heterocycles. The third-order valence-electron chi connectivity index (χ3n) is 3.11. The van der Waals surface area contributed by atoms with E-state index >= 15 is 0 Å². The zero-order valence-electron chi connectivity index (χ0n) is 11.7. The molecule has 2 rings (SSSR count). The van der Waals surface area contributed by atoms with Gasteiger partial charge >= 0.3 is 0 Å². The molecule has 0 saturated carbocycles. The van der Waals surface area contributed by atoms with E-state index in [1.54, 1.807) is 11.8 Å². The molecular formula is C12H19N5O3. The van der Waals surface area contributed by atoms with Crippen LogP contribution < -0.4 is 5.32 Å². The van der Waals surface area contributed by atoms with Crippen molar-refractivity contribution < 1.29 is 14.3 Å². The number of amides is 2. The maximum atomic E-state index is 12.1. The topological polar surface area (TPSA) is 100 Å². The summed E-state index contributed by atoms with van der Waals surface area (Å²) in [5.74, 6) is 0.133. The highest BCUT2D eigenvalue weighted by molar-refractivity contribution is 5.94. The molecule has 1 fully saturated rings. The quantitative estimate of drug-likeness (QED) is 0.763. The molecule has 20 heavy (non-hydrogen) atoms. The Hall–Kier alpha value is -1.96. The first-order chi connectivity index (χ1) is 9.61. The first-order valence-corrected chi connectivity index (χ1v) is 6.70. The Balaban J connectivity index is 1.91. The fourth-order valence-corrected chi connectivity index (χ4v) is 1.94. The van der Waals surface area contributed by atoms with E-state index in [0.29, 0.717) is 38.5 Å². The molecule has 1 aliphatic heterocycles.